The highest BCUT2D eigenvalue weighted by atomic mass is 32.1. The lowest BCUT2D eigenvalue weighted by atomic mass is 9.99. The number of fused-ring (bicyclic) bond motifs is 1. The van der Waals surface area contributed by atoms with E-state index in [4.69, 9.17) is 4.74 Å². The molecule has 0 bridgehead atoms. The number of amides is 1. The number of aryl methyl sites for hydroxylation is 2. The summed E-state index contributed by atoms with van der Waals surface area (Å²) >= 11 is 1.49. The Hall–Kier alpha value is -2.14. The zero-order valence-corrected chi connectivity index (χ0v) is 12.9. The molecule has 114 valence electrons. The molecular formula is C17H17NO3S. The number of hydrogen-bond donors (Lipinski definition) is 1. The molecule has 1 amide bonds. The standard InChI is InChI=1S/C17H17NO3S/c19-16(18-13-7-2-1-3-8-13)11-21-17(20)15-10-12-6-4-5-9-14(12)22-15/h1-3,7-8,10H,4-6,9,11H2,(H,18,19). The number of esters is 1. The van der Waals surface area contributed by atoms with Crippen molar-refractivity contribution in [1.82, 2.24) is 0 Å². The number of thiophene rings is 1. The lowest BCUT2D eigenvalue weighted by Gasteiger charge is -2.08. The Balaban J connectivity index is 1.53. The summed E-state index contributed by atoms with van der Waals surface area (Å²) in [4.78, 5) is 25.7. The Bertz CT molecular complexity index is 655. The first-order valence-electron chi connectivity index (χ1n) is 7.36. The zero-order valence-electron chi connectivity index (χ0n) is 12.1. The molecule has 1 aromatic heterocycles. The van der Waals surface area contributed by atoms with Crippen LogP contribution in [0.1, 0.15) is 33.0 Å². The molecule has 2 aromatic rings. The fourth-order valence-electron chi connectivity index (χ4n) is 2.51. The molecule has 1 aliphatic carbocycles. The molecule has 0 unspecified atom stereocenters. The van der Waals surface area contributed by atoms with Crippen LogP contribution in [0.3, 0.4) is 0 Å². The van der Waals surface area contributed by atoms with Crippen LogP contribution in [0.5, 0.6) is 0 Å². The highest BCUT2D eigenvalue weighted by molar-refractivity contribution is 7.14. The van der Waals surface area contributed by atoms with E-state index in [1.807, 2.05) is 24.3 Å². The van der Waals surface area contributed by atoms with Crippen molar-refractivity contribution in [2.24, 2.45) is 0 Å². The van der Waals surface area contributed by atoms with Gasteiger partial charge in [-0.2, -0.15) is 0 Å². The summed E-state index contributed by atoms with van der Waals surface area (Å²) in [6.45, 7) is -0.268. The van der Waals surface area contributed by atoms with E-state index in [0.29, 0.717) is 10.6 Å². The number of anilines is 1. The van der Waals surface area contributed by atoms with E-state index in [1.165, 1.54) is 34.6 Å². The van der Waals surface area contributed by atoms with Gasteiger partial charge in [0.25, 0.3) is 5.91 Å². The first-order valence-corrected chi connectivity index (χ1v) is 8.17. The van der Waals surface area contributed by atoms with Crippen LogP contribution in [0.25, 0.3) is 0 Å². The molecule has 0 spiro atoms. The maximum absolute atomic E-state index is 12.0. The molecule has 1 heterocycles. The van der Waals surface area contributed by atoms with E-state index in [1.54, 1.807) is 12.1 Å². The van der Waals surface area contributed by atoms with Crippen LogP contribution in [-0.4, -0.2) is 18.5 Å². The first-order chi connectivity index (χ1) is 10.7. The minimum absolute atomic E-state index is 0.268. The van der Waals surface area contributed by atoms with Crippen molar-refractivity contribution in [2.75, 3.05) is 11.9 Å². The second-order valence-corrected chi connectivity index (χ2v) is 6.39. The highest BCUT2D eigenvalue weighted by Crippen LogP contribution is 2.29. The molecule has 0 atom stereocenters. The van der Waals surface area contributed by atoms with Crippen LogP contribution < -0.4 is 5.32 Å². The van der Waals surface area contributed by atoms with E-state index >= 15 is 0 Å². The number of rotatable bonds is 4. The van der Waals surface area contributed by atoms with Crippen molar-refractivity contribution in [3.63, 3.8) is 0 Å². The van der Waals surface area contributed by atoms with Gasteiger partial charge in [0.15, 0.2) is 6.61 Å². The number of ether oxygens (including phenoxy) is 1. The summed E-state index contributed by atoms with van der Waals surface area (Å²) in [5.74, 6) is -0.747. The van der Waals surface area contributed by atoms with Crippen LogP contribution in [0.15, 0.2) is 36.4 Å². The summed E-state index contributed by atoms with van der Waals surface area (Å²) in [5.41, 5.74) is 1.95. The Labute approximate surface area is 133 Å². The van der Waals surface area contributed by atoms with E-state index < -0.39 is 5.97 Å². The molecule has 0 radical (unpaired) electrons. The van der Waals surface area contributed by atoms with Gasteiger partial charge in [0.05, 0.1) is 0 Å². The molecule has 0 saturated carbocycles. The SMILES string of the molecule is O=C(COC(=O)c1cc2c(s1)CCCC2)Nc1ccccc1. The number of benzene rings is 1. The topological polar surface area (TPSA) is 55.4 Å². The van der Waals surface area contributed by atoms with Crippen molar-refractivity contribution < 1.29 is 14.3 Å². The van der Waals surface area contributed by atoms with Crippen molar-refractivity contribution in [1.29, 1.82) is 0 Å². The molecule has 1 aromatic carbocycles. The second-order valence-electron chi connectivity index (χ2n) is 5.26. The average Bonchev–Trinajstić information content (AvgIpc) is 2.98. The van der Waals surface area contributed by atoms with Gasteiger partial charge in [0.1, 0.15) is 4.88 Å². The minimum atomic E-state index is -0.414. The summed E-state index contributed by atoms with van der Waals surface area (Å²) < 4.78 is 5.10. The quantitative estimate of drug-likeness (QED) is 0.880. The lowest BCUT2D eigenvalue weighted by Crippen LogP contribution is -2.20. The molecule has 4 nitrogen and oxygen atoms in total. The van der Waals surface area contributed by atoms with Crippen LogP contribution >= 0.6 is 11.3 Å². The summed E-state index contributed by atoms with van der Waals surface area (Å²) in [6.07, 6.45) is 4.44. The fraction of sp³-hybridized carbons (Fsp3) is 0.294. The van der Waals surface area contributed by atoms with Crippen LogP contribution in [0.2, 0.25) is 0 Å². The van der Waals surface area contributed by atoms with E-state index in [9.17, 15) is 9.59 Å². The third-order valence-corrected chi connectivity index (χ3v) is 4.81. The zero-order chi connectivity index (χ0) is 15.4. The van der Waals surface area contributed by atoms with E-state index in [0.717, 1.165) is 12.8 Å². The van der Waals surface area contributed by atoms with Gasteiger partial charge >= 0.3 is 5.97 Å². The highest BCUT2D eigenvalue weighted by Gasteiger charge is 2.18. The minimum Gasteiger partial charge on any atom is -0.451 e. The molecule has 0 aliphatic heterocycles. The van der Waals surface area contributed by atoms with Crippen molar-refractivity contribution in [3.8, 4) is 0 Å². The maximum atomic E-state index is 12.0. The first kappa shape index (κ1) is 14.8. The number of nitrogens with one attached hydrogen (secondary N) is 1. The number of carbonyl (C=O) groups excluding carboxylic acids is 2. The van der Waals surface area contributed by atoms with E-state index in [-0.39, 0.29) is 12.5 Å². The van der Waals surface area contributed by atoms with Crippen molar-refractivity contribution in [3.05, 3.63) is 51.7 Å². The molecule has 3 rings (SSSR count). The number of hydrogen-bond acceptors (Lipinski definition) is 4. The van der Waals surface area contributed by atoms with Gasteiger partial charge in [0.2, 0.25) is 0 Å². The van der Waals surface area contributed by atoms with Crippen molar-refractivity contribution in [2.45, 2.75) is 25.7 Å². The van der Waals surface area contributed by atoms with Gasteiger partial charge in [-0.25, -0.2) is 4.79 Å². The van der Waals surface area contributed by atoms with Crippen molar-refractivity contribution >= 4 is 28.9 Å². The second kappa shape index (κ2) is 6.75. The lowest BCUT2D eigenvalue weighted by molar-refractivity contribution is -0.119. The van der Waals surface area contributed by atoms with Crippen LogP contribution in [0.4, 0.5) is 5.69 Å². The maximum Gasteiger partial charge on any atom is 0.348 e. The largest absolute Gasteiger partial charge is 0.451 e. The molecule has 0 saturated heterocycles. The van der Waals surface area contributed by atoms with Gasteiger partial charge in [-0.1, -0.05) is 18.2 Å². The predicted molar refractivity (Wildman–Crippen MR) is 86.3 cm³/mol. The average molecular weight is 315 g/mol. The van der Waals surface area contributed by atoms with E-state index in [2.05, 4.69) is 5.32 Å². The normalized spacial score (nSPS) is 13.3. The van der Waals surface area contributed by atoms with Crippen LogP contribution in [-0.2, 0) is 22.4 Å². The molecule has 22 heavy (non-hydrogen) atoms. The molecular weight excluding hydrogens is 298 g/mol. The molecule has 5 heteroatoms. The fourth-order valence-corrected chi connectivity index (χ4v) is 3.66. The summed E-state index contributed by atoms with van der Waals surface area (Å²) in [7, 11) is 0. The van der Waals surface area contributed by atoms with Gasteiger partial charge in [-0.05, 0) is 49.4 Å². The number of carbonyl (C=O) groups is 2. The summed E-state index contributed by atoms with van der Waals surface area (Å²) in [6, 6.07) is 11.0. The Morgan fingerprint density at radius 3 is 2.68 bits per heavy atom. The smallest absolute Gasteiger partial charge is 0.348 e. The Kier molecular flexibility index (Phi) is 4.53. The van der Waals surface area contributed by atoms with Gasteiger partial charge in [-0.3, -0.25) is 4.79 Å². The number of para-hydroxylation sites is 1. The summed E-state index contributed by atoms with van der Waals surface area (Å²) in [5, 5.41) is 2.68. The molecule has 1 N–H and O–H groups in total. The molecule has 1 aliphatic rings. The third kappa shape index (κ3) is 3.54. The van der Waals surface area contributed by atoms with Gasteiger partial charge in [0, 0.05) is 10.6 Å². The van der Waals surface area contributed by atoms with Gasteiger partial charge < -0.3 is 10.1 Å². The Morgan fingerprint density at radius 1 is 1.14 bits per heavy atom. The van der Waals surface area contributed by atoms with Crippen LogP contribution in [0, 0.1) is 0 Å². The Morgan fingerprint density at radius 2 is 1.91 bits per heavy atom. The molecule has 0 fully saturated rings. The predicted octanol–water partition coefficient (Wildman–Crippen LogP) is 3.42. The van der Waals surface area contributed by atoms with Gasteiger partial charge in [-0.15, -0.1) is 11.3 Å². The monoisotopic (exact) mass is 315 g/mol. The third-order valence-electron chi connectivity index (χ3n) is 3.59.